The summed E-state index contributed by atoms with van der Waals surface area (Å²) in [4.78, 5) is 22.4. The lowest BCUT2D eigenvalue weighted by Gasteiger charge is -2.31. The third-order valence-corrected chi connectivity index (χ3v) is 2.73. The number of aldehydes is 2. The zero-order valence-electron chi connectivity index (χ0n) is 10.9. The first-order valence-electron chi connectivity index (χ1n) is 6.31. The maximum Gasteiger partial charge on any atom is 0.156 e. The van der Waals surface area contributed by atoms with E-state index >= 15 is 0 Å². The van der Waals surface area contributed by atoms with Gasteiger partial charge < -0.3 is 14.3 Å². The van der Waals surface area contributed by atoms with Gasteiger partial charge in [-0.3, -0.25) is 4.79 Å². The lowest BCUT2D eigenvalue weighted by atomic mass is 9.85. The third-order valence-electron chi connectivity index (χ3n) is 2.73. The Morgan fingerprint density at radius 2 is 2.00 bits per heavy atom. The normalized spacial score (nSPS) is 26.6. The van der Waals surface area contributed by atoms with E-state index in [0.29, 0.717) is 25.3 Å². The molecule has 0 heterocycles. The van der Waals surface area contributed by atoms with Crippen LogP contribution in [0.1, 0.15) is 26.7 Å². The van der Waals surface area contributed by atoms with Crippen molar-refractivity contribution in [2.75, 3.05) is 13.2 Å². The molecule has 0 saturated heterocycles. The third kappa shape index (κ3) is 3.29. The number of allylic oxidation sites excluding steroid dienone is 1. The van der Waals surface area contributed by atoms with E-state index in [1.807, 2.05) is 13.8 Å². The Hall–Kier alpha value is -1.42. The summed E-state index contributed by atoms with van der Waals surface area (Å²) in [5.41, 5.74) is -1.17. The highest BCUT2D eigenvalue weighted by Crippen LogP contribution is 2.28. The van der Waals surface area contributed by atoms with Gasteiger partial charge in [-0.15, -0.1) is 0 Å². The molecule has 1 rings (SSSR count). The van der Waals surface area contributed by atoms with Gasteiger partial charge in [0.15, 0.2) is 11.9 Å². The van der Waals surface area contributed by atoms with Crippen LogP contribution in [0.5, 0.6) is 0 Å². The zero-order valence-corrected chi connectivity index (χ0v) is 10.9. The fraction of sp³-hybridized carbons (Fsp3) is 0.571. The van der Waals surface area contributed by atoms with E-state index in [9.17, 15) is 9.59 Å². The molecule has 0 N–H and O–H groups in total. The van der Waals surface area contributed by atoms with Crippen molar-refractivity contribution < 1.29 is 19.1 Å². The molecule has 0 aromatic carbocycles. The van der Waals surface area contributed by atoms with E-state index < -0.39 is 11.5 Å². The lowest BCUT2D eigenvalue weighted by molar-refractivity contribution is -0.135. The SMILES string of the molecule is CCCOC1=CC(C=O)C(C=O)(OCCC)C=C1. The molecule has 0 aliphatic heterocycles. The molecule has 0 aromatic heterocycles. The van der Waals surface area contributed by atoms with Gasteiger partial charge in [0.1, 0.15) is 12.0 Å². The zero-order chi connectivity index (χ0) is 13.4. The second-order valence-corrected chi connectivity index (χ2v) is 4.23. The molecule has 2 unspecified atom stereocenters. The van der Waals surface area contributed by atoms with E-state index in [4.69, 9.17) is 9.47 Å². The van der Waals surface area contributed by atoms with Crippen molar-refractivity contribution in [2.45, 2.75) is 32.3 Å². The maximum atomic E-state index is 11.3. The van der Waals surface area contributed by atoms with Crippen molar-refractivity contribution in [1.29, 1.82) is 0 Å². The Labute approximate surface area is 108 Å². The summed E-state index contributed by atoms with van der Waals surface area (Å²) in [6.07, 6.45) is 8.04. The summed E-state index contributed by atoms with van der Waals surface area (Å²) in [7, 11) is 0. The summed E-state index contributed by atoms with van der Waals surface area (Å²) in [5, 5.41) is 0. The highest BCUT2D eigenvalue weighted by molar-refractivity contribution is 5.77. The molecular formula is C14H20O4. The predicted octanol–water partition coefficient (Wildman–Crippen LogP) is 2.05. The fourth-order valence-electron chi connectivity index (χ4n) is 1.72. The average Bonchev–Trinajstić information content (AvgIpc) is 2.43. The molecular weight excluding hydrogens is 232 g/mol. The summed E-state index contributed by atoms with van der Waals surface area (Å²) in [5.74, 6) is -0.00932. The van der Waals surface area contributed by atoms with Gasteiger partial charge in [-0.1, -0.05) is 13.8 Å². The van der Waals surface area contributed by atoms with Crippen LogP contribution in [0.3, 0.4) is 0 Å². The number of hydrogen-bond acceptors (Lipinski definition) is 4. The molecule has 0 amide bonds. The first kappa shape index (κ1) is 14.6. The topological polar surface area (TPSA) is 52.6 Å². The highest BCUT2D eigenvalue weighted by atomic mass is 16.5. The van der Waals surface area contributed by atoms with Gasteiger partial charge in [-0.2, -0.15) is 0 Å². The molecule has 0 bridgehead atoms. The first-order valence-corrected chi connectivity index (χ1v) is 6.31. The van der Waals surface area contributed by atoms with Gasteiger partial charge in [0, 0.05) is 6.61 Å². The monoisotopic (exact) mass is 252 g/mol. The molecule has 0 aromatic rings. The van der Waals surface area contributed by atoms with Gasteiger partial charge in [-0.25, -0.2) is 0 Å². The summed E-state index contributed by atoms with van der Waals surface area (Å²) >= 11 is 0. The van der Waals surface area contributed by atoms with Crippen molar-refractivity contribution in [3.8, 4) is 0 Å². The minimum absolute atomic E-state index is 0.437. The summed E-state index contributed by atoms with van der Waals surface area (Å²) < 4.78 is 11.0. The molecule has 0 fully saturated rings. The molecule has 1 aliphatic rings. The maximum absolute atomic E-state index is 11.3. The van der Waals surface area contributed by atoms with Gasteiger partial charge >= 0.3 is 0 Å². The Morgan fingerprint density at radius 3 is 2.56 bits per heavy atom. The largest absolute Gasteiger partial charge is 0.494 e. The molecule has 1 aliphatic carbocycles. The van der Waals surface area contributed by atoms with Crippen LogP contribution in [0.15, 0.2) is 24.0 Å². The first-order chi connectivity index (χ1) is 8.72. The van der Waals surface area contributed by atoms with E-state index in [0.717, 1.165) is 19.1 Å². The standard InChI is InChI=1S/C14H20O4/c1-3-7-17-13-5-6-14(11-16,18-8-4-2)12(9-13)10-15/h5-6,9-12H,3-4,7-8H2,1-2H3. The lowest BCUT2D eigenvalue weighted by Crippen LogP contribution is -2.42. The van der Waals surface area contributed by atoms with Crippen LogP contribution in [0.2, 0.25) is 0 Å². The molecule has 4 nitrogen and oxygen atoms in total. The van der Waals surface area contributed by atoms with Gasteiger partial charge in [-0.05, 0) is 31.1 Å². The van der Waals surface area contributed by atoms with E-state index in [2.05, 4.69) is 0 Å². The Morgan fingerprint density at radius 1 is 1.28 bits per heavy atom. The van der Waals surface area contributed by atoms with Crippen LogP contribution in [0.4, 0.5) is 0 Å². The molecule has 18 heavy (non-hydrogen) atoms. The van der Waals surface area contributed by atoms with Crippen LogP contribution in [-0.2, 0) is 19.1 Å². The van der Waals surface area contributed by atoms with Crippen molar-refractivity contribution in [1.82, 2.24) is 0 Å². The average molecular weight is 252 g/mol. The minimum Gasteiger partial charge on any atom is -0.494 e. The quantitative estimate of drug-likeness (QED) is 0.620. The number of carbonyl (C=O) groups is 2. The highest BCUT2D eigenvalue weighted by Gasteiger charge is 2.38. The van der Waals surface area contributed by atoms with E-state index in [-0.39, 0.29) is 0 Å². The van der Waals surface area contributed by atoms with Crippen molar-refractivity contribution in [3.05, 3.63) is 24.0 Å². The smallest absolute Gasteiger partial charge is 0.156 e. The van der Waals surface area contributed by atoms with Crippen molar-refractivity contribution >= 4 is 12.6 Å². The van der Waals surface area contributed by atoms with E-state index in [1.54, 1.807) is 18.2 Å². The number of hydrogen-bond donors (Lipinski definition) is 0. The van der Waals surface area contributed by atoms with Crippen LogP contribution in [0.25, 0.3) is 0 Å². The van der Waals surface area contributed by atoms with Gasteiger partial charge in [0.2, 0.25) is 0 Å². The molecule has 2 atom stereocenters. The van der Waals surface area contributed by atoms with Crippen molar-refractivity contribution in [2.24, 2.45) is 5.92 Å². The second-order valence-electron chi connectivity index (χ2n) is 4.23. The molecule has 4 heteroatoms. The van der Waals surface area contributed by atoms with Gasteiger partial charge in [0.05, 0.1) is 12.5 Å². The van der Waals surface area contributed by atoms with E-state index in [1.165, 1.54) is 0 Å². The van der Waals surface area contributed by atoms with Crippen LogP contribution >= 0.6 is 0 Å². The number of ether oxygens (including phenoxy) is 2. The van der Waals surface area contributed by atoms with Crippen LogP contribution < -0.4 is 0 Å². The summed E-state index contributed by atoms with van der Waals surface area (Å²) in [6.45, 7) is 4.98. The molecule has 0 radical (unpaired) electrons. The second kappa shape index (κ2) is 7.11. The molecule has 0 spiro atoms. The summed E-state index contributed by atoms with van der Waals surface area (Å²) in [6, 6.07) is 0. The Kier molecular flexibility index (Phi) is 5.78. The van der Waals surface area contributed by atoms with Crippen molar-refractivity contribution in [3.63, 3.8) is 0 Å². The molecule has 0 saturated carbocycles. The van der Waals surface area contributed by atoms with Gasteiger partial charge in [0.25, 0.3) is 0 Å². The van der Waals surface area contributed by atoms with Crippen LogP contribution in [0, 0.1) is 5.92 Å². The minimum atomic E-state index is -1.17. The Balaban J connectivity index is 2.83. The number of carbonyl (C=O) groups excluding carboxylic acids is 2. The fourth-order valence-corrected chi connectivity index (χ4v) is 1.72. The Bertz CT molecular complexity index is 346. The number of rotatable bonds is 8. The predicted molar refractivity (Wildman–Crippen MR) is 68.1 cm³/mol. The van der Waals surface area contributed by atoms with Crippen LogP contribution in [-0.4, -0.2) is 31.4 Å². The molecule has 100 valence electrons.